The molecule has 0 atom stereocenters. The molecule has 2 aliphatic rings. The number of rotatable bonds is 2. The van der Waals surface area contributed by atoms with Crippen LogP contribution >= 0.6 is 0 Å². The highest BCUT2D eigenvalue weighted by Crippen LogP contribution is 2.56. The zero-order valence-corrected chi connectivity index (χ0v) is 29.9. The lowest BCUT2D eigenvalue weighted by molar-refractivity contribution is 0.660. The second kappa shape index (κ2) is 9.80. The van der Waals surface area contributed by atoms with Crippen molar-refractivity contribution in [1.82, 2.24) is 0 Å². The topological polar surface area (TPSA) is 52.0 Å². The maximum Gasteiger partial charge on any atom is 0.0317 e. The van der Waals surface area contributed by atoms with Gasteiger partial charge in [-0.25, -0.2) is 0 Å². The lowest BCUT2D eigenvalue weighted by Gasteiger charge is -2.22. The van der Waals surface area contributed by atoms with E-state index in [1.807, 2.05) is 12.1 Å². The van der Waals surface area contributed by atoms with E-state index < -0.39 is 0 Å². The van der Waals surface area contributed by atoms with Crippen molar-refractivity contribution in [2.75, 3.05) is 11.5 Å². The number of hydrogen-bond acceptors (Lipinski definition) is 2. The minimum absolute atomic E-state index is 0.126. The van der Waals surface area contributed by atoms with E-state index in [-0.39, 0.29) is 10.8 Å². The first kappa shape index (κ1) is 29.6. The fraction of sp³-hybridized carbons (Fsp3) is 0.120. The molecule has 0 aromatic heterocycles. The van der Waals surface area contributed by atoms with E-state index >= 15 is 0 Å². The van der Waals surface area contributed by atoms with Gasteiger partial charge in [-0.05, 0) is 134 Å². The highest BCUT2D eigenvalue weighted by atomic mass is 14.6. The van der Waals surface area contributed by atoms with Gasteiger partial charge in [0.25, 0.3) is 0 Å². The van der Waals surface area contributed by atoms with Gasteiger partial charge in [-0.2, -0.15) is 0 Å². The van der Waals surface area contributed by atoms with Gasteiger partial charge in [-0.3, -0.25) is 0 Å². The fourth-order valence-electron chi connectivity index (χ4n) is 10.2. The molecule has 0 spiro atoms. The molecule has 9 aromatic carbocycles. The Morgan fingerprint density at radius 2 is 0.692 bits per heavy atom. The van der Waals surface area contributed by atoms with Gasteiger partial charge in [-0.1, -0.05) is 137 Å². The first-order chi connectivity index (χ1) is 25.1. The first-order valence-electron chi connectivity index (χ1n) is 18.4. The Labute approximate surface area is 303 Å². The van der Waals surface area contributed by atoms with Crippen LogP contribution in [0.4, 0.5) is 11.4 Å². The summed E-state index contributed by atoms with van der Waals surface area (Å²) in [6, 6.07) is 49.8. The Morgan fingerprint density at radius 1 is 0.327 bits per heavy atom. The summed E-state index contributed by atoms with van der Waals surface area (Å²) in [7, 11) is 0. The van der Waals surface area contributed by atoms with Gasteiger partial charge < -0.3 is 11.5 Å². The molecule has 2 heteroatoms. The van der Waals surface area contributed by atoms with Crippen LogP contribution in [-0.2, 0) is 10.8 Å². The lowest BCUT2D eigenvalue weighted by Crippen LogP contribution is -2.15. The van der Waals surface area contributed by atoms with Crippen molar-refractivity contribution in [3.63, 3.8) is 0 Å². The molecule has 0 radical (unpaired) electrons. The zero-order chi connectivity index (χ0) is 35.3. The van der Waals surface area contributed by atoms with Crippen molar-refractivity contribution in [3.05, 3.63) is 156 Å². The third kappa shape index (κ3) is 3.59. The summed E-state index contributed by atoms with van der Waals surface area (Å²) >= 11 is 0. The van der Waals surface area contributed by atoms with E-state index in [0.29, 0.717) is 0 Å². The second-order valence-electron chi connectivity index (χ2n) is 16.1. The van der Waals surface area contributed by atoms with Gasteiger partial charge in [0.15, 0.2) is 0 Å². The summed E-state index contributed by atoms with van der Waals surface area (Å²) < 4.78 is 0. The minimum atomic E-state index is -0.126. The van der Waals surface area contributed by atoms with Crippen molar-refractivity contribution >= 4 is 54.5 Å². The molecule has 52 heavy (non-hydrogen) atoms. The van der Waals surface area contributed by atoms with Crippen LogP contribution in [-0.4, -0.2) is 0 Å². The van der Waals surface area contributed by atoms with Crippen LogP contribution in [0.2, 0.25) is 0 Å². The van der Waals surface area contributed by atoms with Gasteiger partial charge in [0, 0.05) is 22.2 Å². The predicted octanol–water partition coefficient (Wildman–Crippen LogP) is 12.8. The van der Waals surface area contributed by atoms with Gasteiger partial charge >= 0.3 is 0 Å². The molecule has 0 saturated heterocycles. The molecular weight excluding hydrogens is 629 g/mol. The molecule has 4 N–H and O–H groups in total. The van der Waals surface area contributed by atoms with Crippen LogP contribution in [0, 0.1) is 0 Å². The molecule has 0 saturated carbocycles. The third-order valence-electron chi connectivity index (χ3n) is 12.7. The SMILES string of the molecule is CC1(C)c2cc(N)ccc2-c2c(-c3ccc4c5cccc6c(-c7cccc8c7-c7ccc(N)cc7C8(C)C)ccc(c7cccc3c74)c65)cccc21. The normalized spacial score (nSPS) is 15.0. The summed E-state index contributed by atoms with van der Waals surface area (Å²) in [4.78, 5) is 0. The molecule has 2 nitrogen and oxygen atoms in total. The quantitative estimate of drug-likeness (QED) is 0.110. The van der Waals surface area contributed by atoms with E-state index in [1.165, 1.54) is 110 Å². The Bertz CT molecular complexity index is 2810. The smallest absolute Gasteiger partial charge is 0.0317 e. The zero-order valence-electron chi connectivity index (χ0n) is 29.9. The number of fused-ring (bicyclic) bond motifs is 8. The van der Waals surface area contributed by atoms with Gasteiger partial charge in [-0.15, -0.1) is 0 Å². The third-order valence-corrected chi connectivity index (χ3v) is 12.7. The largest absolute Gasteiger partial charge is 0.399 e. The number of nitrogens with two attached hydrogens (primary N) is 2. The van der Waals surface area contributed by atoms with Crippen molar-refractivity contribution < 1.29 is 0 Å². The van der Waals surface area contributed by atoms with Crippen LogP contribution in [0.3, 0.4) is 0 Å². The van der Waals surface area contributed by atoms with Gasteiger partial charge in [0.2, 0.25) is 0 Å². The fourth-order valence-corrected chi connectivity index (χ4v) is 10.2. The summed E-state index contributed by atoms with van der Waals surface area (Å²) in [6.07, 6.45) is 0. The molecular formula is C50H38N2. The average Bonchev–Trinajstić information content (AvgIpc) is 3.52. The summed E-state index contributed by atoms with van der Waals surface area (Å²) in [5, 5.41) is 10.4. The van der Waals surface area contributed by atoms with Gasteiger partial charge in [0.05, 0.1) is 0 Å². The maximum absolute atomic E-state index is 6.33. The molecule has 11 rings (SSSR count). The Hall–Kier alpha value is -6.12. The molecule has 0 unspecified atom stereocenters. The average molecular weight is 667 g/mol. The number of nitrogen functional groups attached to an aromatic ring is 2. The highest BCUT2D eigenvalue weighted by Gasteiger charge is 2.38. The van der Waals surface area contributed by atoms with Crippen molar-refractivity contribution in [2.24, 2.45) is 0 Å². The van der Waals surface area contributed by atoms with Crippen LogP contribution in [0.5, 0.6) is 0 Å². The molecule has 0 heterocycles. The number of anilines is 2. The Morgan fingerprint density at radius 3 is 1.13 bits per heavy atom. The van der Waals surface area contributed by atoms with E-state index in [1.54, 1.807) is 0 Å². The van der Waals surface area contributed by atoms with E-state index in [0.717, 1.165) is 11.4 Å². The predicted molar refractivity (Wildman–Crippen MR) is 222 cm³/mol. The molecule has 248 valence electrons. The van der Waals surface area contributed by atoms with Crippen molar-refractivity contribution in [3.8, 4) is 44.5 Å². The molecule has 0 fully saturated rings. The lowest BCUT2D eigenvalue weighted by atomic mass is 9.81. The number of benzene rings is 9. The van der Waals surface area contributed by atoms with Crippen LogP contribution in [0.15, 0.2) is 133 Å². The summed E-state index contributed by atoms with van der Waals surface area (Å²) in [5.74, 6) is 0. The van der Waals surface area contributed by atoms with Crippen LogP contribution in [0.25, 0.3) is 87.6 Å². The summed E-state index contributed by atoms with van der Waals surface area (Å²) in [5.41, 5.74) is 29.7. The van der Waals surface area contributed by atoms with Crippen molar-refractivity contribution in [1.29, 1.82) is 0 Å². The Balaban J connectivity index is 1.18. The van der Waals surface area contributed by atoms with Gasteiger partial charge in [0.1, 0.15) is 0 Å². The van der Waals surface area contributed by atoms with E-state index in [9.17, 15) is 0 Å². The Kier molecular flexibility index (Phi) is 5.58. The standard InChI is InChI=1S/C50H38N2/c1-49(2)41-15-7-13-33(47(41)39-19-17-27(51)25-43(39)49)29-21-23-37-36-12-6-10-32-30(22-24-38(46(32)36)35-11-5-9-31(29)45(35)37)34-14-8-16-42-48(34)40-20-18-28(52)26-44(40)50(42,3)4/h5-26H,51-52H2,1-4H3. The van der Waals surface area contributed by atoms with E-state index in [4.69, 9.17) is 11.5 Å². The minimum Gasteiger partial charge on any atom is -0.399 e. The monoisotopic (exact) mass is 666 g/mol. The molecule has 2 aliphatic carbocycles. The molecule has 0 bridgehead atoms. The van der Waals surface area contributed by atoms with Crippen molar-refractivity contribution in [2.45, 2.75) is 38.5 Å². The molecule has 0 amide bonds. The van der Waals surface area contributed by atoms with Crippen LogP contribution < -0.4 is 11.5 Å². The highest BCUT2D eigenvalue weighted by molar-refractivity contribution is 6.35. The molecule has 9 aromatic rings. The second-order valence-corrected chi connectivity index (χ2v) is 16.1. The first-order valence-corrected chi connectivity index (χ1v) is 18.4. The van der Waals surface area contributed by atoms with Crippen LogP contribution in [0.1, 0.15) is 49.9 Å². The maximum atomic E-state index is 6.33. The van der Waals surface area contributed by atoms with E-state index in [2.05, 4.69) is 149 Å². The number of hydrogen-bond donors (Lipinski definition) is 2. The summed E-state index contributed by atoms with van der Waals surface area (Å²) in [6.45, 7) is 9.29. The molecule has 0 aliphatic heterocycles.